The van der Waals surface area contributed by atoms with E-state index in [1.165, 1.54) is 5.88 Å². The molecule has 2 heteroatoms. The summed E-state index contributed by atoms with van der Waals surface area (Å²) in [7, 11) is 6.57. The number of rotatable bonds is 2. The molecule has 0 rings (SSSR count). The lowest BCUT2D eigenvalue weighted by atomic mass is 10.8. The van der Waals surface area contributed by atoms with Crippen molar-refractivity contribution in [3.05, 3.63) is 0 Å². The summed E-state index contributed by atoms with van der Waals surface area (Å²) in [5.74, 6) is 1.19. The van der Waals surface area contributed by atoms with Crippen LogP contribution in [-0.4, -0.2) is 37.8 Å². The molecule has 0 N–H and O–H groups in total. The first-order chi connectivity index (χ1) is 3.06. The number of thioether (sulfide) groups is 1. The van der Waals surface area contributed by atoms with Crippen molar-refractivity contribution in [1.82, 2.24) is 0 Å². The zero-order valence-corrected chi connectivity index (χ0v) is 6.38. The van der Waals surface area contributed by atoms with E-state index in [1.54, 1.807) is 0 Å². The third-order valence-electron chi connectivity index (χ3n) is 0.516. The van der Waals surface area contributed by atoms with Crippen molar-refractivity contribution in [3.8, 4) is 0 Å². The maximum Gasteiger partial charge on any atom is 0.124 e. The van der Waals surface area contributed by atoms with Crippen LogP contribution in [0.4, 0.5) is 0 Å². The Kier molecular flexibility index (Phi) is 2.69. The van der Waals surface area contributed by atoms with E-state index >= 15 is 0 Å². The van der Waals surface area contributed by atoms with Crippen molar-refractivity contribution in [2.45, 2.75) is 0 Å². The van der Waals surface area contributed by atoms with Crippen LogP contribution in [0.25, 0.3) is 0 Å². The lowest BCUT2D eigenvalue weighted by molar-refractivity contribution is -0.857. The van der Waals surface area contributed by atoms with Crippen LogP contribution in [-0.2, 0) is 0 Å². The first-order valence-corrected chi connectivity index (χ1v) is 3.75. The van der Waals surface area contributed by atoms with E-state index in [1.807, 2.05) is 11.8 Å². The lowest BCUT2D eigenvalue weighted by Gasteiger charge is -2.21. The highest BCUT2D eigenvalue weighted by molar-refractivity contribution is 7.98. The second-order valence-corrected chi connectivity index (χ2v) is 3.54. The van der Waals surface area contributed by atoms with Crippen LogP contribution in [0.15, 0.2) is 0 Å². The quantitative estimate of drug-likeness (QED) is 0.387. The van der Waals surface area contributed by atoms with Crippen LogP contribution in [0.2, 0.25) is 0 Å². The van der Waals surface area contributed by atoms with E-state index in [-0.39, 0.29) is 0 Å². The van der Waals surface area contributed by atoms with Gasteiger partial charge in [0.2, 0.25) is 0 Å². The van der Waals surface area contributed by atoms with Gasteiger partial charge in [0, 0.05) is 0 Å². The fourth-order valence-corrected chi connectivity index (χ4v) is 1.16. The van der Waals surface area contributed by atoms with Gasteiger partial charge in [-0.1, -0.05) is 0 Å². The largest absolute Gasteiger partial charge is 0.322 e. The fraction of sp³-hybridized carbons (Fsp3) is 1.00. The Morgan fingerprint density at radius 3 is 1.71 bits per heavy atom. The zero-order chi connectivity index (χ0) is 5.91. The molecule has 0 aromatic heterocycles. The van der Waals surface area contributed by atoms with Crippen LogP contribution >= 0.6 is 11.8 Å². The molecule has 0 aromatic carbocycles. The molecule has 0 fully saturated rings. The number of hydrogen-bond donors (Lipinski definition) is 0. The topological polar surface area (TPSA) is 0 Å². The first-order valence-electron chi connectivity index (χ1n) is 2.35. The van der Waals surface area contributed by atoms with Gasteiger partial charge in [0.05, 0.1) is 21.1 Å². The second kappa shape index (κ2) is 2.58. The standard InChI is InChI=1S/C5H14NS/c1-6(2,3)5-7-4/h5H2,1-4H3/q+1. The van der Waals surface area contributed by atoms with Crippen molar-refractivity contribution in [3.63, 3.8) is 0 Å². The van der Waals surface area contributed by atoms with E-state index < -0.39 is 0 Å². The smallest absolute Gasteiger partial charge is 0.124 e. The Morgan fingerprint density at radius 1 is 1.29 bits per heavy atom. The van der Waals surface area contributed by atoms with Crippen LogP contribution in [0.5, 0.6) is 0 Å². The van der Waals surface area contributed by atoms with Gasteiger partial charge in [-0.3, -0.25) is 0 Å². The highest BCUT2D eigenvalue weighted by Gasteiger charge is 2.01. The predicted octanol–water partition coefficient (Wildman–Crippen LogP) is 1.01. The molecular weight excluding hydrogens is 106 g/mol. The van der Waals surface area contributed by atoms with E-state index in [9.17, 15) is 0 Å². The zero-order valence-electron chi connectivity index (χ0n) is 5.56. The lowest BCUT2D eigenvalue weighted by Crippen LogP contribution is -2.33. The molecule has 0 radical (unpaired) electrons. The number of quaternary nitrogens is 1. The Labute approximate surface area is 50.3 Å². The van der Waals surface area contributed by atoms with Gasteiger partial charge in [0.1, 0.15) is 5.88 Å². The summed E-state index contributed by atoms with van der Waals surface area (Å²) in [5.41, 5.74) is 0. The van der Waals surface area contributed by atoms with Gasteiger partial charge in [-0.15, -0.1) is 11.8 Å². The molecule has 0 bridgehead atoms. The predicted molar refractivity (Wildman–Crippen MR) is 36.4 cm³/mol. The second-order valence-electron chi connectivity index (χ2n) is 2.71. The summed E-state index contributed by atoms with van der Waals surface area (Å²) in [6.07, 6.45) is 2.13. The van der Waals surface area contributed by atoms with Gasteiger partial charge < -0.3 is 4.48 Å². The average Bonchev–Trinajstić information content (AvgIpc) is 1.30. The average molecular weight is 120 g/mol. The summed E-state index contributed by atoms with van der Waals surface area (Å²) in [5, 5.41) is 0. The molecule has 0 amide bonds. The summed E-state index contributed by atoms with van der Waals surface area (Å²) in [4.78, 5) is 0. The number of hydrogen-bond acceptors (Lipinski definition) is 1. The van der Waals surface area contributed by atoms with Crippen LogP contribution in [0.1, 0.15) is 0 Å². The maximum absolute atomic E-state index is 2.19. The Balaban J connectivity index is 3.15. The monoisotopic (exact) mass is 120 g/mol. The van der Waals surface area contributed by atoms with E-state index in [4.69, 9.17) is 0 Å². The summed E-state index contributed by atoms with van der Waals surface area (Å²) in [6.45, 7) is 0. The first kappa shape index (κ1) is 7.31. The van der Waals surface area contributed by atoms with Crippen molar-refractivity contribution in [2.75, 3.05) is 33.3 Å². The Hall–Kier alpha value is 0.310. The molecule has 0 aliphatic carbocycles. The molecular formula is C5H14NS+. The SMILES string of the molecule is CSC[N+](C)(C)C. The Morgan fingerprint density at radius 2 is 1.71 bits per heavy atom. The number of nitrogens with zero attached hydrogens (tertiary/aromatic N) is 1. The molecule has 0 spiro atoms. The molecule has 0 atom stereocenters. The minimum atomic E-state index is 1.06. The molecule has 0 saturated carbocycles. The van der Waals surface area contributed by atoms with Gasteiger partial charge >= 0.3 is 0 Å². The van der Waals surface area contributed by atoms with Gasteiger partial charge in [0.25, 0.3) is 0 Å². The summed E-state index contributed by atoms with van der Waals surface area (Å²) in [6, 6.07) is 0. The van der Waals surface area contributed by atoms with Gasteiger partial charge in [0.15, 0.2) is 0 Å². The highest BCUT2D eigenvalue weighted by Crippen LogP contribution is 1.99. The van der Waals surface area contributed by atoms with Gasteiger partial charge in [-0.05, 0) is 6.26 Å². The van der Waals surface area contributed by atoms with Crippen molar-refractivity contribution < 1.29 is 4.48 Å². The molecule has 0 saturated heterocycles. The molecule has 0 aliphatic heterocycles. The van der Waals surface area contributed by atoms with Gasteiger partial charge in [-0.25, -0.2) is 0 Å². The summed E-state index contributed by atoms with van der Waals surface area (Å²) < 4.78 is 1.06. The summed E-state index contributed by atoms with van der Waals surface area (Å²) >= 11 is 1.88. The maximum atomic E-state index is 2.19. The molecule has 0 aromatic rings. The van der Waals surface area contributed by atoms with E-state index in [0.717, 1.165) is 4.48 Å². The van der Waals surface area contributed by atoms with Gasteiger partial charge in [-0.2, -0.15) is 0 Å². The third-order valence-corrected chi connectivity index (χ3v) is 1.55. The van der Waals surface area contributed by atoms with E-state index in [2.05, 4.69) is 27.4 Å². The minimum absolute atomic E-state index is 1.06. The molecule has 44 valence electrons. The van der Waals surface area contributed by atoms with E-state index in [0.29, 0.717) is 0 Å². The fourth-order valence-electron chi connectivity index (χ4n) is 0.387. The minimum Gasteiger partial charge on any atom is -0.322 e. The van der Waals surface area contributed by atoms with Crippen LogP contribution < -0.4 is 0 Å². The van der Waals surface area contributed by atoms with Crippen molar-refractivity contribution in [2.24, 2.45) is 0 Å². The molecule has 0 unspecified atom stereocenters. The third kappa shape index (κ3) is 6.31. The normalized spacial score (nSPS) is 12.0. The Bertz CT molecular complexity index is 46.5. The van der Waals surface area contributed by atoms with Crippen LogP contribution in [0, 0.1) is 0 Å². The van der Waals surface area contributed by atoms with Crippen molar-refractivity contribution >= 4 is 11.8 Å². The molecule has 7 heavy (non-hydrogen) atoms. The van der Waals surface area contributed by atoms with Crippen molar-refractivity contribution in [1.29, 1.82) is 0 Å². The molecule has 0 aliphatic rings. The van der Waals surface area contributed by atoms with Crippen LogP contribution in [0.3, 0.4) is 0 Å². The molecule has 1 nitrogen and oxygen atoms in total. The highest BCUT2D eigenvalue weighted by atomic mass is 32.2. The molecule has 0 heterocycles.